The SMILES string of the molecule is COc1ccc(/C=C/C(=O)N[C@H](C)c2cc(C)ccc2C)c(OC)c1OC. The van der Waals surface area contributed by atoms with E-state index in [1.165, 1.54) is 11.6 Å². The number of hydrogen-bond acceptors (Lipinski definition) is 4. The van der Waals surface area contributed by atoms with E-state index >= 15 is 0 Å². The van der Waals surface area contributed by atoms with Gasteiger partial charge in [0.25, 0.3) is 0 Å². The summed E-state index contributed by atoms with van der Waals surface area (Å²) in [6.45, 7) is 6.06. The van der Waals surface area contributed by atoms with Gasteiger partial charge in [-0.15, -0.1) is 0 Å². The lowest BCUT2D eigenvalue weighted by atomic mass is 10.00. The summed E-state index contributed by atoms with van der Waals surface area (Å²) in [7, 11) is 4.67. The normalized spacial score (nSPS) is 11.9. The number of amides is 1. The number of rotatable bonds is 7. The van der Waals surface area contributed by atoms with E-state index in [2.05, 4.69) is 23.5 Å². The number of hydrogen-bond donors (Lipinski definition) is 1. The van der Waals surface area contributed by atoms with Gasteiger partial charge in [-0.1, -0.05) is 23.8 Å². The predicted octanol–water partition coefficient (Wildman–Crippen LogP) is 4.22. The molecule has 0 heterocycles. The van der Waals surface area contributed by atoms with Gasteiger partial charge in [0.15, 0.2) is 11.5 Å². The summed E-state index contributed by atoms with van der Waals surface area (Å²) in [5, 5.41) is 3.00. The van der Waals surface area contributed by atoms with Gasteiger partial charge in [0, 0.05) is 11.6 Å². The largest absolute Gasteiger partial charge is 0.493 e. The lowest BCUT2D eigenvalue weighted by Gasteiger charge is -2.16. The Labute approximate surface area is 161 Å². The van der Waals surface area contributed by atoms with E-state index in [0.29, 0.717) is 17.2 Å². The van der Waals surface area contributed by atoms with Crippen molar-refractivity contribution in [2.45, 2.75) is 26.8 Å². The molecular formula is C22H27NO4. The molecule has 0 fully saturated rings. The molecule has 0 saturated heterocycles. The highest BCUT2D eigenvalue weighted by atomic mass is 16.5. The van der Waals surface area contributed by atoms with Crippen LogP contribution in [-0.4, -0.2) is 27.2 Å². The molecule has 0 aromatic heterocycles. The molecule has 0 spiro atoms. The maximum absolute atomic E-state index is 12.4. The third-order valence-electron chi connectivity index (χ3n) is 4.41. The quantitative estimate of drug-likeness (QED) is 0.743. The number of ether oxygens (including phenoxy) is 3. The summed E-state index contributed by atoms with van der Waals surface area (Å²) in [4.78, 5) is 12.4. The molecule has 27 heavy (non-hydrogen) atoms. The Kier molecular flexibility index (Phi) is 6.88. The molecule has 5 nitrogen and oxygen atoms in total. The Morgan fingerprint density at radius 3 is 2.33 bits per heavy atom. The van der Waals surface area contributed by atoms with Gasteiger partial charge in [0.05, 0.1) is 27.4 Å². The first-order chi connectivity index (χ1) is 12.9. The van der Waals surface area contributed by atoms with E-state index in [0.717, 1.165) is 16.7 Å². The zero-order chi connectivity index (χ0) is 20.0. The molecule has 0 aliphatic heterocycles. The molecule has 1 amide bonds. The average molecular weight is 369 g/mol. The van der Waals surface area contributed by atoms with E-state index in [4.69, 9.17) is 14.2 Å². The van der Waals surface area contributed by atoms with E-state index in [1.54, 1.807) is 33.5 Å². The van der Waals surface area contributed by atoms with E-state index in [-0.39, 0.29) is 11.9 Å². The third kappa shape index (κ3) is 4.82. The van der Waals surface area contributed by atoms with Gasteiger partial charge in [0.2, 0.25) is 11.7 Å². The fraction of sp³-hybridized carbons (Fsp3) is 0.318. The molecule has 0 saturated carbocycles. The summed E-state index contributed by atoms with van der Waals surface area (Å²) in [6.07, 6.45) is 3.19. The van der Waals surface area contributed by atoms with Crippen molar-refractivity contribution in [2.24, 2.45) is 0 Å². The highest BCUT2D eigenvalue weighted by molar-refractivity contribution is 5.92. The molecule has 0 aliphatic rings. The first kappa shape index (κ1) is 20.4. The second kappa shape index (κ2) is 9.12. The summed E-state index contributed by atoms with van der Waals surface area (Å²) < 4.78 is 16.1. The fourth-order valence-corrected chi connectivity index (χ4v) is 2.99. The van der Waals surface area contributed by atoms with Gasteiger partial charge >= 0.3 is 0 Å². The molecule has 0 radical (unpaired) electrons. The molecule has 2 aromatic carbocycles. The third-order valence-corrected chi connectivity index (χ3v) is 4.41. The van der Waals surface area contributed by atoms with Crippen molar-refractivity contribution in [1.29, 1.82) is 0 Å². The van der Waals surface area contributed by atoms with Crippen molar-refractivity contribution in [2.75, 3.05) is 21.3 Å². The van der Waals surface area contributed by atoms with Gasteiger partial charge in [-0.05, 0) is 50.1 Å². The molecule has 144 valence electrons. The van der Waals surface area contributed by atoms with Crippen LogP contribution < -0.4 is 19.5 Å². The van der Waals surface area contributed by atoms with Crippen LogP contribution in [0.4, 0.5) is 0 Å². The fourth-order valence-electron chi connectivity index (χ4n) is 2.99. The lowest BCUT2D eigenvalue weighted by Crippen LogP contribution is -2.25. The standard InChI is InChI=1S/C22H27NO4/c1-14-7-8-15(2)18(13-14)16(3)23-20(24)12-10-17-9-11-19(25-4)22(27-6)21(17)26-5/h7-13,16H,1-6H3,(H,23,24)/b12-10+/t16-/m1/s1. The van der Waals surface area contributed by atoms with E-state index in [1.807, 2.05) is 26.8 Å². The summed E-state index contributed by atoms with van der Waals surface area (Å²) in [5.74, 6) is 1.40. The Hall–Kier alpha value is -2.95. The van der Waals surface area contributed by atoms with Crippen LogP contribution in [0.15, 0.2) is 36.4 Å². The van der Waals surface area contributed by atoms with Crippen LogP contribution in [0.1, 0.15) is 35.2 Å². The topological polar surface area (TPSA) is 56.8 Å². The second-order valence-corrected chi connectivity index (χ2v) is 6.35. The number of aryl methyl sites for hydroxylation is 2. The first-order valence-corrected chi connectivity index (χ1v) is 8.76. The minimum Gasteiger partial charge on any atom is -0.493 e. The maximum Gasteiger partial charge on any atom is 0.244 e. The van der Waals surface area contributed by atoms with Gasteiger partial charge < -0.3 is 19.5 Å². The van der Waals surface area contributed by atoms with Crippen molar-refractivity contribution in [1.82, 2.24) is 5.32 Å². The average Bonchev–Trinajstić information content (AvgIpc) is 2.66. The summed E-state index contributed by atoms with van der Waals surface area (Å²) in [5.41, 5.74) is 4.16. The zero-order valence-corrected chi connectivity index (χ0v) is 16.8. The van der Waals surface area contributed by atoms with Crippen LogP contribution in [0.3, 0.4) is 0 Å². The highest BCUT2D eigenvalue weighted by Crippen LogP contribution is 2.40. The number of methoxy groups -OCH3 is 3. The maximum atomic E-state index is 12.4. The number of carbonyl (C=O) groups is 1. The van der Waals surface area contributed by atoms with Gasteiger partial charge in [0.1, 0.15) is 0 Å². The molecule has 0 aliphatic carbocycles. The van der Waals surface area contributed by atoms with Gasteiger partial charge in [-0.3, -0.25) is 4.79 Å². The number of carbonyl (C=O) groups excluding carboxylic acids is 1. The molecule has 1 N–H and O–H groups in total. The van der Waals surface area contributed by atoms with Crippen molar-refractivity contribution >= 4 is 12.0 Å². The van der Waals surface area contributed by atoms with Gasteiger partial charge in [-0.2, -0.15) is 0 Å². The van der Waals surface area contributed by atoms with Crippen LogP contribution in [0, 0.1) is 13.8 Å². The predicted molar refractivity (Wildman–Crippen MR) is 108 cm³/mol. The van der Waals surface area contributed by atoms with Crippen molar-refractivity contribution in [3.63, 3.8) is 0 Å². The molecule has 2 aromatic rings. The molecule has 0 bridgehead atoms. The lowest BCUT2D eigenvalue weighted by molar-refractivity contribution is -0.117. The zero-order valence-electron chi connectivity index (χ0n) is 16.8. The molecule has 1 atom stereocenters. The highest BCUT2D eigenvalue weighted by Gasteiger charge is 2.15. The van der Waals surface area contributed by atoms with Crippen LogP contribution in [0.2, 0.25) is 0 Å². The second-order valence-electron chi connectivity index (χ2n) is 6.35. The number of nitrogens with one attached hydrogen (secondary N) is 1. The van der Waals surface area contributed by atoms with E-state index < -0.39 is 0 Å². The summed E-state index contributed by atoms with van der Waals surface area (Å²) in [6, 6.07) is 9.74. The Morgan fingerprint density at radius 2 is 1.70 bits per heavy atom. The number of benzene rings is 2. The summed E-state index contributed by atoms with van der Waals surface area (Å²) >= 11 is 0. The molecular weight excluding hydrogens is 342 g/mol. The minimum absolute atomic E-state index is 0.0886. The smallest absolute Gasteiger partial charge is 0.244 e. The van der Waals surface area contributed by atoms with Crippen LogP contribution >= 0.6 is 0 Å². The van der Waals surface area contributed by atoms with Crippen LogP contribution in [0.5, 0.6) is 17.2 Å². The van der Waals surface area contributed by atoms with E-state index in [9.17, 15) is 4.79 Å². The van der Waals surface area contributed by atoms with Crippen molar-refractivity contribution in [3.8, 4) is 17.2 Å². The van der Waals surface area contributed by atoms with Crippen LogP contribution in [-0.2, 0) is 4.79 Å². The Balaban J connectivity index is 2.18. The monoisotopic (exact) mass is 369 g/mol. The Bertz CT molecular complexity index is 842. The molecule has 2 rings (SSSR count). The van der Waals surface area contributed by atoms with Crippen LogP contribution in [0.25, 0.3) is 6.08 Å². The first-order valence-electron chi connectivity index (χ1n) is 8.76. The van der Waals surface area contributed by atoms with Gasteiger partial charge in [-0.25, -0.2) is 0 Å². The van der Waals surface area contributed by atoms with Crippen molar-refractivity contribution < 1.29 is 19.0 Å². The van der Waals surface area contributed by atoms with Crippen molar-refractivity contribution in [3.05, 3.63) is 58.7 Å². The minimum atomic E-state index is -0.180. The molecule has 0 unspecified atom stereocenters. The molecule has 5 heteroatoms. The Morgan fingerprint density at radius 1 is 1.00 bits per heavy atom.